The smallest absolute Gasteiger partial charge is 0.416 e. The van der Waals surface area contributed by atoms with Gasteiger partial charge in [-0.15, -0.1) is 0 Å². The number of nitrogens with zero attached hydrogens (tertiary/aromatic N) is 1. The lowest BCUT2D eigenvalue weighted by Gasteiger charge is -2.20. The maximum atomic E-state index is 14.9. The van der Waals surface area contributed by atoms with Crippen molar-refractivity contribution in [2.75, 3.05) is 32.1 Å². The van der Waals surface area contributed by atoms with Crippen LogP contribution < -0.4 is 20.3 Å². The average Bonchev–Trinajstić information content (AvgIpc) is 3.28. The monoisotopic (exact) mass is 547 g/mol. The Bertz CT molecular complexity index is 1390. The molecule has 1 aliphatic rings. The highest BCUT2D eigenvalue weighted by Gasteiger charge is 2.32. The van der Waals surface area contributed by atoms with Crippen molar-refractivity contribution in [3.63, 3.8) is 0 Å². The predicted octanol–water partition coefficient (Wildman–Crippen LogP) is 5.25. The maximum absolute atomic E-state index is 14.9. The molecule has 3 aromatic rings. The quantitative estimate of drug-likeness (QED) is 0.358. The van der Waals surface area contributed by atoms with E-state index in [1.807, 2.05) is 7.05 Å². The molecule has 4 rings (SSSR count). The number of likely N-dealkylation sites (tertiary alicyclic amines) is 1. The summed E-state index contributed by atoms with van der Waals surface area (Å²) in [5.74, 6) is -1.11. The Labute approximate surface area is 222 Å². The molecule has 0 bridgehead atoms. The highest BCUT2D eigenvalue weighted by molar-refractivity contribution is 5.92. The number of carbonyl (C=O) groups is 1. The molecule has 1 amide bonds. The van der Waals surface area contributed by atoms with Crippen LogP contribution in [0.2, 0.25) is 0 Å². The number of aromatic nitrogens is 1. The molecule has 2 heterocycles. The first-order valence-electron chi connectivity index (χ1n) is 12.5. The van der Waals surface area contributed by atoms with Gasteiger partial charge in [0.25, 0.3) is 5.56 Å². The van der Waals surface area contributed by atoms with Gasteiger partial charge in [-0.2, -0.15) is 13.2 Å². The van der Waals surface area contributed by atoms with Crippen LogP contribution in [0.3, 0.4) is 0 Å². The van der Waals surface area contributed by atoms with Gasteiger partial charge >= 0.3 is 6.18 Å². The minimum atomic E-state index is -4.65. The Balaban J connectivity index is 1.49. The summed E-state index contributed by atoms with van der Waals surface area (Å²) in [4.78, 5) is 28.9. The molecule has 1 aromatic heterocycles. The molecule has 0 unspecified atom stereocenters. The van der Waals surface area contributed by atoms with Crippen LogP contribution in [0.4, 0.5) is 23.2 Å². The van der Waals surface area contributed by atoms with Crippen LogP contribution >= 0.6 is 0 Å². The molecule has 1 aliphatic heterocycles. The normalized spacial score (nSPS) is 15.8. The van der Waals surface area contributed by atoms with Crippen LogP contribution in [0, 0.1) is 5.82 Å². The number of alkyl halides is 3. The second-order valence-electron chi connectivity index (χ2n) is 9.37. The number of H-pyrrole nitrogens is 1. The van der Waals surface area contributed by atoms with Crippen LogP contribution in [0.1, 0.15) is 30.9 Å². The van der Waals surface area contributed by atoms with Crippen LogP contribution in [0.5, 0.6) is 11.5 Å². The van der Waals surface area contributed by atoms with Crippen molar-refractivity contribution in [2.45, 2.75) is 38.4 Å². The zero-order valence-corrected chi connectivity index (χ0v) is 21.5. The fraction of sp³-hybridized carbons (Fsp3) is 0.357. The van der Waals surface area contributed by atoms with Crippen molar-refractivity contribution < 1.29 is 31.8 Å². The Kier molecular flexibility index (Phi) is 8.59. The van der Waals surface area contributed by atoms with Gasteiger partial charge in [0.05, 0.1) is 18.6 Å². The lowest BCUT2D eigenvalue weighted by atomic mass is 10.0. The van der Waals surface area contributed by atoms with Crippen molar-refractivity contribution in [2.24, 2.45) is 0 Å². The van der Waals surface area contributed by atoms with E-state index in [2.05, 4.69) is 15.2 Å². The first kappa shape index (κ1) is 28.2. The number of aromatic amines is 1. The maximum Gasteiger partial charge on any atom is 0.416 e. The topological polar surface area (TPSA) is 83.7 Å². The van der Waals surface area contributed by atoms with Crippen LogP contribution in [0.15, 0.2) is 53.5 Å². The third-order valence-electron chi connectivity index (χ3n) is 6.53. The number of benzene rings is 2. The number of ether oxygens (including phenoxy) is 2. The number of halogens is 4. The standard InChI is InChI=1S/C28H29F4N3O4/c1-3-38-25-14-26(36)33-15-23(25)17-6-7-18(24(29)9-17)10-27(37)34-20-11-19(28(30,31)32)12-22(13-20)39-16-21-5-4-8-35(21)2/h6-7,9,11-15,21H,3-5,8,10,16H2,1-2H3,(H,33,36)(H,34,37)/t21-/m1/s1. The van der Waals surface area contributed by atoms with Gasteiger partial charge in [0.2, 0.25) is 5.91 Å². The molecule has 1 atom stereocenters. The Morgan fingerprint density at radius 2 is 1.95 bits per heavy atom. The molecule has 7 nitrogen and oxygen atoms in total. The van der Waals surface area contributed by atoms with Crippen LogP contribution in [0.25, 0.3) is 11.1 Å². The fourth-order valence-electron chi connectivity index (χ4n) is 4.49. The molecular formula is C28H29F4N3O4. The first-order valence-corrected chi connectivity index (χ1v) is 12.5. The summed E-state index contributed by atoms with van der Waals surface area (Å²) in [5.41, 5.74) is -0.500. The number of carbonyl (C=O) groups excluding carboxylic acids is 1. The average molecular weight is 548 g/mol. The molecule has 1 saturated heterocycles. The number of nitrogens with one attached hydrogen (secondary N) is 2. The van der Waals surface area contributed by atoms with Gasteiger partial charge in [0.1, 0.15) is 23.9 Å². The summed E-state index contributed by atoms with van der Waals surface area (Å²) < 4.78 is 66.6. The van der Waals surface area contributed by atoms with E-state index in [9.17, 15) is 27.2 Å². The third-order valence-corrected chi connectivity index (χ3v) is 6.53. The van der Waals surface area contributed by atoms with Gasteiger partial charge in [-0.05, 0) is 62.7 Å². The van der Waals surface area contributed by atoms with Crippen molar-refractivity contribution in [1.29, 1.82) is 0 Å². The van der Waals surface area contributed by atoms with E-state index in [0.717, 1.165) is 31.5 Å². The van der Waals surface area contributed by atoms with Gasteiger partial charge in [-0.25, -0.2) is 4.39 Å². The number of amides is 1. The Hall–Kier alpha value is -3.86. The zero-order valence-electron chi connectivity index (χ0n) is 21.5. The van der Waals surface area contributed by atoms with Gasteiger partial charge < -0.3 is 24.7 Å². The Morgan fingerprint density at radius 1 is 1.15 bits per heavy atom. The highest BCUT2D eigenvalue weighted by atomic mass is 19.4. The summed E-state index contributed by atoms with van der Waals surface area (Å²) in [6.45, 7) is 3.18. The highest BCUT2D eigenvalue weighted by Crippen LogP contribution is 2.35. The second-order valence-corrected chi connectivity index (χ2v) is 9.37. The van der Waals surface area contributed by atoms with E-state index < -0.39 is 29.9 Å². The first-order chi connectivity index (χ1) is 18.5. The van der Waals surface area contributed by atoms with E-state index in [1.165, 1.54) is 30.5 Å². The lowest BCUT2D eigenvalue weighted by molar-refractivity contribution is -0.137. The molecule has 2 N–H and O–H groups in total. The van der Waals surface area contributed by atoms with Gasteiger partial charge in [-0.3, -0.25) is 9.59 Å². The number of rotatable bonds is 9. The van der Waals surface area contributed by atoms with Crippen molar-refractivity contribution in [3.05, 3.63) is 76.0 Å². The third kappa shape index (κ3) is 7.17. The summed E-state index contributed by atoms with van der Waals surface area (Å²) in [6.07, 6.45) is -1.77. The molecule has 0 radical (unpaired) electrons. The largest absolute Gasteiger partial charge is 0.493 e. The van der Waals surface area contributed by atoms with Crippen molar-refractivity contribution in [3.8, 4) is 22.6 Å². The SMILES string of the molecule is CCOc1cc(=O)[nH]cc1-c1ccc(CC(=O)Nc2cc(OC[C@H]3CCCN3C)cc(C(F)(F)F)c2)c(F)c1. The fourth-order valence-corrected chi connectivity index (χ4v) is 4.49. The van der Waals surface area contributed by atoms with E-state index in [1.54, 1.807) is 13.0 Å². The molecule has 0 spiro atoms. The number of likely N-dealkylation sites (N-methyl/N-ethyl adjacent to an activating group) is 1. The summed E-state index contributed by atoms with van der Waals surface area (Å²) in [6, 6.07) is 8.58. The van der Waals surface area contributed by atoms with Crippen LogP contribution in [-0.4, -0.2) is 48.6 Å². The van der Waals surface area contributed by atoms with Crippen molar-refractivity contribution in [1.82, 2.24) is 9.88 Å². The van der Waals surface area contributed by atoms with E-state index in [0.29, 0.717) is 17.7 Å². The van der Waals surface area contributed by atoms with E-state index in [4.69, 9.17) is 9.47 Å². The molecule has 0 saturated carbocycles. The number of anilines is 1. The number of hydrogen-bond donors (Lipinski definition) is 2. The van der Waals surface area contributed by atoms with Gasteiger partial charge in [0.15, 0.2) is 0 Å². The van der Waals surface area contributed by atoms with E-state index in [-0.39, 0.29) is 41.0 Å². The summed E-state index contributed by atoms with van der Waals surface area (Å²) in [7, 11) is 1.93. The molecule has 208 valence electrons. The van der Waals surface area contributed by atoms with Crippen molar-refractivity contribution >= 4 is 11.6 Å². The van der Waals surface area contributed by atoms with Gasteiger partial charge in [-0.1, -0.05) is 12.1 Å². The van der Waals surface area contributed by atoms with Crippen LogP contribution in [-0.2, 0) is 17.4 Å². The van der Waals surface area contributed by atoms with Gasteiger partial charge in [0, 0.05) is 35.6 Å². The minimum absolute atomic E-state index is 0.0121. The number of pyridine rings is 1. The summed E-state index contributed by atoms with van der Waals surface area (Å²) >= 11 is 0. The minimum Gasteiger partial charge on any atom is -0.493 e. The molecule has 39 heavy (non-hydrogen) atoms. The molecule has 0 aliphatic carbocycles. The molecule has 2 aromatic carbocycles. The number of hydrogen-bond acceptors (Lipinski definition) is 5. The van der Waals surface area contributed by atoms with E-state index >= 15 is 0 Å². The lowest BCUT2D eigenvalue weighted by Crippen LogP contribution is -2.30. The molecular weight excluding hydrogens is 518 g/mol. The zero-order chi connectivity index (χ0) is 28.2. The second kappa shape index (κ2) is 11.9. The summed E-state index contributed by atoms with van der Waals surface area (Å²) in [5, 5.41) is 2.43. The molecule has 1 fully saturated rings. The predicted molar refractivity (Wildman–Crippen MR) is 139 cm³/mol. The molecule has 11 heteroatoms. The Morgan fingerprint density at radius 3 is 2.62 bits per heavy atom.